The molecule has 0 saturated carbocycles. The average Bonchev–Trinajstić information content (AvgIpc) is 3.23. The van der Waals surface area contributed by atoms with E-state index in [1.807, 2.05) is 19.1 Å². The summed E-state index contributed by atoms with van der Waals surface area (Å²) >= 11 is 0. The average molecular weight is 381 g/mol. The Labute approximate surface area is 155 Å². The highest BCUT2D eigenvalue weighted by Crippen LogP contribution is 2.34. The standard InChI is InChI=1S/C18H28N4O3S/c1-4-19-18(21-16-11-14-7-10-17(16)25-14)20-12-13-5-8-15(9-6-13)26(23,24)22(2)3/h5-6,8-9,14,16-17H,4,7,10-12H2,1-3H3,(H2,19,20,21). The number of hydrogen-bond donors (Lipinski definition) is 2. The van der Waals surface area contributed by atoms with E-state index < -0.39 is 10.0 Å². The second kappa shape index (κ2) is 7.94. The summed E-state index contributed by atoms with van der Waals surface area (Å²) in [4.78, 5) is 4.93. The molecule has 2 heterocycles. The van der Waals surface area contributed by atoms with E-state index in [9.17, 15) is 8.42 Å². The first-order chi connectivity index (χ1) is 12.4. The molecule has 2 fully saturated rings. The number of nitrogens with zero attached hydrogens (tertiary/aromatic N) is 2. The molecule has 7 nitrogen and oxygen atoms in total. The van der Waals surface area contributed by atoms with Crippen LogP contribution in [-0.2, 0) is 21.3 Å². The summed E-state index contributed by atoms with van der Waals surface area (Å²) in [6.07, 6.45) is 4.00. The third-order valence-electron chi connectivity index (χ3n) is 4.89. The molecule has 144 valence electrons. The Kier molecular flexibility index (Phi) is 5.84. The van der Waals surface area contributed by atoms with Crippen LogP contribution in [0.25, 0.3) is 0 Å². The Hall–Kier alpha value is -1.64. The quantitative estimate of drug-likeness (QED) is 0.574. The van der Waals surface area contributed by atoms with Crippen molar-refractivity contribution in [1.82, 2.24) is 14.9 Å². The van der Waals surface area contributed by atoms with Gasteiger partial charge in [0.05, 0.1) is 29.7 Å². The first-order valence-electron chi connectivity index (χ1n) is 9.12. The first-order valence-corrected chi connectivity index (χ1v) is 10.6. The molecule has 1 aromatic carbocycles. The maximum atomic E-state index is 12.1. The van der Waals surface area contributed by atoms with E-state index in [1.165, 1.54) is 24.8 Å². The molecule has 0 amide bonds. The molecule has 1 aromatic rings. The van der Waals surface area contributed by atoms with Crippen molar-refractivity contribution in [1.29, 1.82) is 0 Å². The molecule has 0 radical (unpaired) electrons. The predicted molar refractivity (Wildman–Crippen MR) is 102 cm³/mol. The van der Waals surface area contributed by atoms with E-state index in [0.29, 0.717) is 29.7 Å². The number of benzene rings is 1. The summed E-state index contributed by atoms with van der Waals surface area (Å²) in [6, 6.07) is 7.20. The summed E-state index contributed by atoms with van der Waals surface area (Å²) in [5.41, 5.74) is 0.962. The summed E-state index contributed by atoms with van der Waals surface area (Å²) in [6.45, 7) is 3.31. The van der Waals surface area contributed by atoms with Crippen LogP contribution in [0.5, 0.6) is 0 Å². The maximum Gasteiger partial charge on any atom is 0.242 e. The van der Waals surface area contributed by atoms with Crippen molar-refractivity contribution < 1.29 is 13.2 Å². The molecule has 2 bridgehead atoms. The van der Waals surface area contributed by atoms with Gasteiger partial charge in [0, 0.05) is 20.6 Å². The fourth-order valence-electron chi connectivity index (χ4n) is 3.43. The number of nitrogens with one attached hydrogen (secondary N) is 2. The van der Waals surface area contributed by atoms with Gasteiger partial charge in [0.2, 0.25) is 10.0 Å². The first kappa shape index (κ1) is 19.1. The molecule has 3 atom stereocenters. The van der Waals surface area contributed by atoms with Gasteiger partial charge in [-0.05, 0) is 43.9 Å². The fourth-order valence-corrected chi connectivity index (χ4v) is 4.34. The minimum Gasteiger partial charge on any atom is -0.373 e. The lowest BCUT2D eigenvalue weighted by Crippen LogP contribution is -2.47. The zero-order valence-corrected chi connectivity index (χ0v) is 16.4. The van der Waals surface area contributed by atoms with Gasteiger partial charge in [-0.25, -0.2) is 17.7 Å². The molecule has 8 heteroatoms. The Morgan fingerprint density at radius 3 is 2.54 bits per heavy atom. The van der Waals surface area contributed by atoms with Gasteiger partial charge in [0.1, 0.15) is 0 Å². The molecule has 0 aromatic heterocycles. The van der Waals surface area contributed by atoms with Gasteiger partial charge in [0.25, 0.3) is 0 Å². The summed E-state index contributed by atoms with van der Waals surface area (Å²) < 4.78 is 31.3. The van der Waals surface area contributed by atoms with Crippen LogP contribution < -0.4 is 10.6 Å². The third-order valence-corrected chi connectivity index (χ3v) is 6.72. The highest BCUT2D eigenvalue weighted by molar-refractivity contribution is 7.89. The van der Waals surface area contributed by atoms with Gasteiger partial charge < -0.3 is 15.4 Å². The summed E-state index contributed by atoms with van der Waals surface area (Å²) in [5, 5.41) is 6.75. The van der Waals surface area contributed by atoms with Crippen molar-refractivity contribution in [2.75, 3.05) is 20.6 Å². The molecule has 2 saturated heterocycles. The van der Waals surface area contributed by atoms with Gasteiger partial charge in [-0.3, -0.25) is 0 Å². The molecular weight excluding hydrogens is 352 g/mol. The number of sulfonamides is 1. The van der Waals surface area contributed by atoms with Crippen molar-refractivity contribution in [2.24, 2.45) is 4.99 Å². The Morgan fingerprint density at radius 1 is 1.27 bits per heavy atom. The van der Waals surface area contributed by atoms with Crippen LogP contribution in [0.15, 0.2) is 34.2 Å². The van der Waals surface area contributed by atoms with Gasteiger partial charge in [-0.2, -0.15) is 0 Å². The lowest BCUT2D eigenvalue weighted by molar-refractivity contribution is 0.0992. The summed E-state index contributed by atoms with van der Waals surface area (Å²) in [7, 11) is -0.337. The molecule has 26 heavy (non-hydrogen) atoms. The zero-order chi connectivity index (χ0) is 18.7. The van der Waals surface area contributed by atoms with Crippen molar-refractivity contribution in [2.45, 2.75) is 55.9 Å². The molecule has 3 rings (SSSR count). The minimum atomic E-state index is -3.40. The van der Waals surface area contributed by atoms with Crippen LogP contribution in [0.1, 0.15) is 31.7 Å². The number of rotatable bonds is 6. The predicted octanol–water partition coefficient (Wildman–Crippen LogP) is 1.31. The SMILES string of the molecule is CCNC(=NCc1ccc(S(=O)(=O)N(C)C)cc1)NC1CC2CCC1O2. The van der Waals surface area contributed by atoms with Gasteiger partial charge in [-0.15, -0.1) is 0 Å². The van der Waals surface area contributed by atoms with Crippen molar-refractivity contribution in [3.63, 3.8) is 0 Å². The lowest BCUT2D eigenvalue weighted by Gasteiger charge is -2.22. The number of hydrogen-bond acceptors (Lipinski definition) is 4. The molecule has 0 aliphatic carbocycles. The van der Waals surface area contributed by atoms with E-state index in [-0.39, 0.29) is 0 Å². The van der Waals surface area contributed by atoms with Crippen molar-refractivity contribution in [3.8, 4) is 0 Å². The highest BCUT2D eigenvalue weighted by atomic mass is 32.2. The number of ether oxygens (including phenoxy) is 1. The van der Waals surface area contributed by atoms with Crippen molar-refractivity contribution >= 4 is 16.0 Å². The lowest BCUT2D eigenvalue weighted by atomic mass is 9.96. The third kappa shape index (κ3) is 4.19. The van der Waals surface area contributed by atoms with Crippen LogP contribution in [0.2, 0.25) is 0 Å². The van der Waals surface area contributed by atoms with Crippen molar-refractivity contribution in [3.05, 3.63) is 29.8 Å². The van der Waals surface area contributed by atoms with Crippen LogP contribution in [0, 0.1) is 0 Å². The topological polar surface area (TPSA) is 83.0 Å². The van der Waals surface area contributed by atoms with E-state index >= 15 is 0 Å². The van der Waals surface area contributed by atoms with Gasteiger partial charge >= 0.3 is 0 Å². The largest absolute Gasteiger partial charge is 0.373 e. The summed E-state index contributed by atoms with van der Waals surface area (Å²) in [5.74, 6) is 0.777. The fraction of sp³-hybridized carbons (Fsp3) is 0.611. The minimum absolute atomic E-state index is 0.291. The molecule has 2 N–H and O–H groups in total. The highest BCUT2D eigenvalue weighted by Gasteiger charge is 2.41. The molecule has 3 unspecified atom stereocenters. The Balaban J connectivity index is 1.64. The van der Waals surface area contributed by atoms with Crippen LogP contribution in [-0.4, -0.2) is 57.6 Å². The zero-order valence-electron chi connectivity index (χ0n) is 15.6. The molecular formula is C18H28N4O3S. The van der Waals surface area contributed by atoms with E-state index in [1.54, 1.807) is 12.1 Å². The monoisotopic (exact) mass is 380 g/mol. The number of guanidine groups is 1. The molecule has 2 aliphatic rings. The van der Waals surface area contributed by atoms with E-state index in [2.05, 4.69) is 15.6 Å². The smallest absolute Gasteiger partial charge is 0.242 e. The molecule has 0 spiro atoms. The Morgan fingerprint density at radius 2 is 2.00 bits per heavy atom. The van der Waals surface area contributed by atoms with Crippen LogP contribution in [0.3, 0.4) is 0 Å². The van der Waals surface area contributed by atoms with Crippen LogP contribution in [0.4, 0.5) is 0 Å². The second-order valence-electron chi connectivity index (χ2n) is 6.99. The van der Waals surface area contributed by atoms with E-state index in [4.69, 9.17) is 4.74 Å². The van der Waals surface area contributed by atoms with Gasteiger partial charge in [0.15, 0.2) is 5.96 Å². The normalized spacial score (nSPS) is 25.7. The second-order valence-corrected chi connectivity index (χ2v) is 9.14. The molecule has 2 aliphatic heterocycles. The van der Waals surface area contributed by atoms with Crippen LogP contribution >= 0.6 is 0 Å². The van der Waals surface area contributed by atoms with E-state index in [0.717, 1.165) is 30.9 Å². The Bertz CT molecular complexity index is 746. The maximum absolute atomic E-state index is 12.1. The number of fused-ring (bicyclic) bond motifs is 2. The number of aliphatic imine (C=N–C) groups is 1. The van der Waals surface area contributed by atoms with Gasteiger partial charge in [-0.1, -0.05) is 12.1 Å².